The first kappa shape index (κ1) is 22.2. The van der Waals surface area contributed by atoms with Crippen LogP contribution in [0.3, 0.4) is 0 Å². The van der Waals surface area contributed by atoms with E-state index in [9.17, 15) is 4.39 Å². The van der Waals surface area contributed by atoms with E-state index >= 15 is 0 Å². The molecular weight excluding hydrogens is 435 g/mol. The molecule has 1 aromatic heterocycles. The average molecular weight is 463 g/mol. The monoisotopic (exact) mass is 462 g/mol. The maximum Gasteiger partial charge on any atom is 0.328 e. The Bertz CT molecular complexity index is 1130. The van der Waals surface area contributed by atoms with Crippen LogP contribution in [0.2, 0.25) is 0 Å². The molecule has 0 N–H and O–H groups in total. The van der Waals surface area contributed by atoms with Crippen molar-refractivity contribution < 1.29 is 18.6 Å². The van der Waals surface area contributed by atoms with Crippen molar-refractivity contribution in [1.29, 1.82) is 0 Å². The minimum absolute atomic E-state index is 0.209. The van der Waals surface area contributed by atoms with Gasteiger partial charge in [0, 0.05) is 38.3 Å². The van der Waals surface area contributed by atoms with Crippen molar-refractivity contribution in [3.05, 3.63) is 96.1 Å². The average Bonchev–Trinajstić information content (AvgIpc) is 2.90. The predicted molar refractivity (Wildman–Crippen MR) is 126 cm³/mol. The van der Waals surface area contributed by atoms with Crippen LogP contribution in [0, 0.1) is 5.82 Å². The van der Waals surface area contributed by atoms with Gasteiger partial charge in [-0.3, -0.25) is 4.90 Å². The second kappa shape index (κ2) is 10.1. The Morgan fingerprint density at radius 3 is 2.56 bits per heavy atom. The Balaban J connectivity index is 1.16. The summed E-state index contributed by atoms with van der Waals surface area (Å²) in [5, 5.41) is 0. The van der Waals surface area contributed by atoms with Crippen LogP contribution in [0.4, 0.5) is 10.2 Å². The SMILES string of the molecule is CC(c1ccc(F)cc1)N1CCN(c2cc(OC3=COC(C4=CC=CCC4)=CO3)ncn2)CC1. The fourth-order valence-electron chi connectivity index (χ4n) is 4.24. The van der Waals surface area contributed by atoms with E-state index < -0.39 is 0 Å². The summed E-state index contributed by atoms with van der Waals surface area (Å²) in [6.45, 7) is 5.54. The lowest BCUT2D eigenvalue weighted by Gasteiger charge is -2.38. The van der Waals surface area contributed by atoms with Crippen LogP contribution in [-0.2, 0) is 9.47 Å². The molecule has 0 saturated carbocycles. The number of halogens is 1. The Morgan fingerprint density at radius 2 is 1.85 bits per heavy atom. The molecule has 34 heavy (non-hydrogen) atoms. The summed E-state index contributed by atoms with van der Waals surface area (Å²) in [6, 6.07) is 8.77. The molecule has 5 rings (SSSR count). The van der Waals surface area contributed by atoms with Gasteiger partial charge >= 0.3 is 5.95 Å². The van der Waals surface area contributed by atoms with Gasteiger partial charge in [0.05, 0.1) is 0 Å². The van der Waals surface area contributed by atoms with Gasteiger partial charge in [-0.25, -0.2) is 14.4 Å². The highest BCUT2D eigenvalue weighted by Gasteiger charge is 2.23. The van der Waals surface area contributed by atoms with Crippen molar-refractivity contribution in [2.24, 2.45) is 0 Å². The van der Waals surface area contributed by atoms with Crippen LogP contribution in [0.5, 0.6) is 5.88 Å². The number of hydrogen-bond donors (Lipinski definition) is 0. The predicted octanol–water partition coefficient (Wildman–Crippen LogP) is 4.84. The second-order valence-corrected chi connectivity index (χ2v) is 8.38. The number of rotatable bonds is 6. The standard InChI is InChI=1S/C26H27FN4O3/c1-19(20-7-9-22(27)10-8-20)30-11-13-31(14-12-30)24-15-25(29-18-28-24)34-26-17-32-23(16-33-26)21-5-3-2-4-6-21/h2-3,5,7-10,15-19H,4,6,11-14H2,1H3. The third-order valence-electron chi connectivity index (χ3n) is 6.27. The molecule has 176 valence electrons. The first-order chi connectivity index (χ1) is 16.7. The summed E-state index contributed by atoms with van der Waals surface area (Å²) in [6.07, 6.45) is 12.6. The van der Waals surface area contributed by atoms with E-state index in [-0.39, 0.29) is 17.8 Å². The Morgan fingerprint density at radius 1 is 1.03 bits per heavy atom. The van der Waals surface area contributed by atoms with E-state index in [1.165, 1.54) is 24.7 Å². The molecule has 2 aliphatic heterocycles. The van der Waals surface area contributed by atoms with E-state index in [4.69, 9.17) is 14.2 Å². The summed E-state index contributed by atoms with van der Waals surface area (Å²) in [5.41, 5.74) is 2.21. The Labute approximate surface area is 198 Å². The minimum atomic E-state index is -0.209. The van der Waals surface area contributed by atoms with E-state index in [0.717, 1.165) is 56.0 Å². The molecule has 0 spiro atoms. The van der Waals surface area contributed by atoms with Crippen molar-refractivity contribution in [2.45, 2.75) is 25.8 Å². The fraction of sp³-hybridized carbons (Fsp3) is 0.308. The van der Waals surface area contributed by atoms with E-state index in [1.54, 1.807) is 12.3 Å². The van der Waals surface area contributed by atoms with Crippen LogP contribution >= 0.6 is 0 Å². The molecule has 0 amide bonds. The molecular formula is C26H27FN4O3. The number of aromatic nitrogens is 2. The fourth-order valence-corrected chi connectivity index (χ4v) is 4.24. The van der Waals surface area contributed by atoms with Crippen LogP contribution in [-0.4, -0.2) is 41.0 Å². The molecule has 1 saturated heterocycles. The molecule has 1 aromatic carbocycles. The zero-order valence-corrected chi connectivity index (χ0v) is 19.1. The Hall–Kier alpha value is -3.65. The first-order valence-corrected chi connectivity index (χ1v) is 11.5. The second-order valence-electron chi connectivity index (χ2n) is 8.38. The molecule has 8 heteroatoms. The Kier molecular flexibility index (Phi) is 6.58. The van der Waals surface area contributed by atoms with Gasteiger partial charge in [0.1, 0.15) is 24.2 Å². The largest absolute Gasteiger partial charge is 0.454 e. The van der Waals surface area contributed by atoms with Crippen molar-refractivity contribution in [3.8, 4) is 5.88 Å². The molecule has 3 heterocycles. The van der Waals surface area contributed by atoms with Crippen molar-refractivity contribution in [1.82, 2.24) is 14.9 Å². The van der Waals surface area contributed by atoms with E-state index in [1.807, 2.05) is 24.3 Å². The number of hydrogen-bond acceptors (Lipinski definition) is 7. The molecule has 1 unspecified atom stereocenters. The summed E-state index contributed by atoms with van der Waals surface area (Å²) in [5.74, 6) is 1.88. The van der Waals surface area contributed by atoms with Gasteiger partial charge in [0.15, 0.2) is 12.0 Å². The zero-order chi connectivity index (χ0) is 23.3. The summed E-state index contributed by atoms with van der Waals surface area (Å²) in [4.78, 5) is 13.2. The van der Waals surface area contributed by atoms with Crippen LogP contribution in [0.1, 0.15) is 31.4 Å². The van der Waals surface area contributed by atoms with Crippen LogP contribution in [0.25, 0.3) is 0 Å². The first-order valence-electron chi connectivity index (χ1n) is 11.5. The lowest BCUT2D eigenvalue weighted by Crippen LogP contribution is -2.47. The van der Waals surface area contributed by atoms with Crippen molar-refractivity contribution >= 4 is 5.82 Å². The topological polar surface area (TPSA) is 60.0 Å². The number of allylic oxidation sites excluding steroid dienone is 4. The summed E-state index contributed by atoms with van der Waals surface area (Å²) < 4.78 is 30.3. The molecule has 1 aliphatic carbocycles. The summed E-state index contributed by atoms with van der Waals surface area (Å²) in [7, 11) is 0. The lowest BCUT2D eigenvalue weighted by molar-refractivity contribution is 0.128. The van der Waals surface area contributed by atoms with Gasteiger partial charge in [-0.1, -0.05) is 30.4 Å². The molecule has 2 aromatic rings. The molecule has 0 radical (unpaired) electrons. The van der Waals surface area contributed by atoms with Gasteiger partial charge in [0.25, 0.3) is 0 Å². The van der Waals surface area contributed by atoms with E-state index in [0.29, 0.717) is 11.6 Å². The van der Waals surface area contributed by atoms with Gasteiger partial charge in [-0.15, -0.1) is 0 Å². The van der Waals surface area contributed by atoms with Gasteiger partial charge in [-0.2, -0.15) is 0 Å². The maximum absolute atomic E-state index is 13.2. The maximum atomic E-state index is 13.2. The van der Waals surface area contributed by atoms with E-state index in [2.05, 4.69) is 32.8 Å². The summed E-state index contributed by atoms with van der Waals surface area (Å²) >= 11 is 0. The third kappa shape index (κ3) is 5.12. The van der Waals surface area contributed by atoms with Gasteiger partial charge in [-0.05, 0) is 43.0 Å². The molecule has 7 nitrogen and oxygen atoms in total. The molecule has 1 fully saturated rings. The number of ether oxygens (including phenoxy) is 3. The minimum Gasteiger partial charge on any atom is -0.454 e. The molecule has 3 aliphatic rings. The zero-order valence-electron chi connectivity index (χ0n) is 19.1. The number of benzene rings is 1. The smallest absolute Gasteiger partial charge is 0.328 e. The van der Waals surface area contributed by atoms with Gasteiger partial charge < -0.3 is 19.1 Å². The molecule has 1 atom stereocenters. The molecule has 0 bridgehead atoms. The number of piperazine rings is 1. The number of nitrogens with zero attached hydrogens (tertiary/aromatic N) is 4. The highest BCUT2D eigenvalue weighted by molar-refractivity contribution is 5.42. The highest BCUT2D eigenvalue weighted by Crippen LogP contribution is 2.27. The highest BCUT2D eigenvalue weighted by atomic mass is 19.1. The normalized spacial score (nSPS) is 19.4. The van der Waals surface area contributed by atoms with Crippen molar-refractivity contribution in [2.75, 3.05) is 31.1 Å². The van der Waals surface area contributed by atoms with Crippen molar-refractivity contribution in [3.63, 3.8) is 0 Å². The van der Waals surface area contributed by atoms with Crippen LogP contribution in [0.15, 0.2) is 84.7 Å². The van der Waals surface area contributed by atoms with Gasteiger partial charge in [0.2, 0.25) is 5.88 Å². The lowest BCUT2D eigenvalue weighted by atomic mass is 10.0. The quantitative estimate of drug-likeness (QED) is 0.609. The number of anilines is 1. The third-order valence-corrected chi connectivity index (χ3v) is 6.27. The van der Waals surface area contributed by atoms with Crippen LogP contribution < -0.4 is 9.64 Å².